The van der Waals surface area contributed by atoms with E-state index >= 15 is 0 Å². The van der Waals surface area contributed by atoms with Crippen LogP contribution in [0.15, 0.2) is 22.8 Å². The van der Waals surface area contributed by atoms with E-state index in [0.29, 0.717) is 38.0 Å². The first-order valence-electron chi connectivity index (χ1n) is 27.5. The van der Waals surface area contributed by atoms with Gasteiger partial charge in [0.25, 0.3) is 0 Å². The number of hydrogen-bond acceptors (Lipinski definition) is 20. The van der Waals surface area contributed by atoms with E-state index in [1.807, 2.05) is 0 Å². The van der Waals surface area contributed by atoms with Crippen LogP contribution in [0.5, 0.6) is 0 Å². The number of ether oxygens (including phenoxy) is 8. The number of nitrogens with one attached hydrogen (secondary N) is 1. The van der Waals surface area contributed by atoms with Crippen molar-refractivity contribution in [2.24, 2.45) is 39.4 Å². The zero-order chi connectivity index (χ0) is 55.6. The van der Waals surface area contributed by atoms with Gasteiger partial charge in [0.1, 0.15) is 85.4 Å². The maximum atomic E-state index is 14.0. The Hall–Kier alpha value is -2.30. The first-order chi connectivity index (χ1) is 35.8. The minimum absolute atomic E-state index is 0.0131. The van der Waals surface area contributed by atoms with Gasteiger partial charge in [0.05, 0.1) is 37.9 Å². The Morgan fingerprint density at radius 2 is 1.28 bits per heavy atom. The standard InChI is InChI=1S/C54H87NO21/c1-24(2)10-9-11-25(3)27-15-19-54(50(67)68)29-12-13-34-51(5,6)35(16-17-52(34,7)28(29)14-18-53(27,54)8)73-49-45(76-46-36(55-26(4)58)39(63)37(61)32(20-56)71-46)44(31(60)23-70-49)75-47-42(66)43(30(59)22-69-47)74-48-41(65)40(64)38(62)33(21-57)72-48/h10,25,27,30-49,56-57,59-66H,9,11-23H2,1-8H3,(H,55,58)(H,67,68)/t25-,27-,30+,31+,32-,33-,34?,35+,36-,37+,38+,39-,40+,41-,42-,43+,44+,45-,46+,47+,48+,49+,52-,53-,54+/m1/s1. The lowest BCUT2D eigenvalue weighted by atomic mass is 9.43. The van der Waals surface area contributed by atoms with Crippen LogP contribution in [-0.2, 0) is 47.5 Å². The number of aliphatic carboxylic acids is 1. The lowest BCUT2D eigenvalue weighted by Gasteiger charge is -2.62. The molecule has 0 aromatic heterocycles. The molecular formula is C54H87NO21. The molecule has 25 atom stereocenters. The molecule has 2 saturated carbocycles. The Labute approximate surface area is 444 Å². The van der Waals surface area contributed by atoms with Crippen molar-refractivity contribution < 1.29 is 104 Å². The van der Waals surface area contributed by atoms with Gasteiger partial charge < -0.3 is 99.4 Å². The Morgan fingerprint density at radius 1 is 0.671 bits per heavy atom. The maximum Gasteiger partial charge on any atom is 0.314 e. The number of carboxylic acid groups (broad SMARTS) is 1. The molecule has 22 nitrogen and oxygen atoms in total. The largest absolute Gasteiger partial charge is 0.481 e. The smallest absolute Gasteiger partial charge is 0.314 e. The fraction of sp³-hybridized carbons (Fsp3) is 0.889. The minimum atomic E-state index is -1.91. The van der Waals surface area contributed by atoms with Gasteiger partial charge in [-0.3, -0.25) is 9.59 Å². The van der Waals surface area contributed by atoms with E-state index in [4.69, 9.17) is 37.9 Å². The molecule has 8 aliphatic rings. The van der Waals surface area contributed by atoms with E-state index < -0.39 is 171 Å². The molecule has 0 aromatic rings. The first-order valence-corrected chi connectivity index (χ1v) is 27.5. The topological polar surface area (TPSA) is 343 Å². The van der Waals surface area contributed by atoms with Crippen molar-refractivity contribution in [3.63, 3.8) is 0 Å². The van der Waals surface area contributed by atoms with Gasteiger partial charge in [-0.25, -0.2) is 0 Å². The second kappa shape index (κ2) is 23.3. The molecule has 4 saturated heterocycles. The zero-order valence-corrected chi connectivity index (χ0v) is 45.2. The van der Waals surface area contributed by atoms with E-state index in [9.17, 15) is 65.8 Å². The molecule has 6 fully saturated rings. The summed E-state index contributed by atoms with van der Waals surface area (Å²) in [7, 11) is 0. The lowest BCUT2D eigenvalue weighted by molar-refractivity contribution is -0.384. The van der Waals surface area contributed by atoms with Crippen molar-refractivity contribution in [1.29, 1.82) is 0 Å². The third kappa shape index (κ3) is 10.6. The van der Waals surface area contributed by atoms with Gasteiger partial charge in [0.2, 0.25) is 5.91 Å². The zero-order valence-electron chi connectivity index (χ0n) is 45.2. The Kier molecular flexibility index (Phi) is 18.3. The number of fused-ring (bicyclic) bond motifs is 4. The van der Waals surface area contributed by atoms with Crippen LogP contribution < -0.4 is 5.32 Å². The number of aliphatic hydroxyl groups is 10. The molecule has 8 rings (SSSR count). The predicted molar refractivity (Wildman–Crippen MR) is 265 cm³/mol. The molecule has 22 heteroatoms. The molecule has 434 valence electrons. The summed E-state index contributed by atoms with van der Waals surface area (Å²) in [5, 5.41) is 122. The summed E-state index contributed by atoms with van der Waals surface area (Å²) in [6.07, 6.45) is -18.8. The van der Waals surface area contributed by atoms with Crippen molar-refractivity contribution in [1.82, 2.24) is 5.32 Å². The number of carbonyl (C=O) groups is 2. The van der Waals surface area contributed by atoms with Crippen LogP contribution in [0.1, 0.15) is 120 Å². The van der Waals surface area contributed by atoms with Crippen LogP contribution in [0.2, 0.25) is 0 Å². The van der Waals surface area contributed by atoms with Crippen molar-refractivity contribution in [3.05, 3.63) is 22.8 Å². The molecule has 76 heavy (non-hydrogen) atoms. The van der Waals surface area contributed by atoms with Crippen molar-refractivity contribution >= 4 is 11.9 Å². The molecule has 4 heterocycles. The highest BCUT2D eigenvalue weighted by Crippen LogP contribution is 2.73. The van der Waals surface area contributed by atoms with Crippen molar-refractivity contribution in [2.75, 3.05) is 26.4 Å². The summed E-state index contributed by atoms with van der Waals surface area (Å²) in [4.78, 5) is 26.5. The Bertz CT molecular complexity index is 2100. The second-order valence-corrected chi connectivity index (χ2v) is 24.5. The number of carboxylic acids is 1. The molecular weight excluding hydrogens is 999 g/mol. The van der Waals surface area contributed by atoms with E-state index in [0.717, 1.165) is 37.7 Å². The minimum Gasteiger partial charge on any atom is -0.481 e. The molecule has 0 aromatic carbocycles. The van der Waals surface area contributed by atoms with Gasteiger partial charge in [-0.05, 0) is 112 Å². The first kappa shape index (κ1) is 59.8. The summed E-state index contributed by atoms with van der Waals surface area (Å²) >= 11 is 0. The Morgan fingerprint density at radius 3 is 1.91 bits per heavy atom. The second-order valence-electron chi connectivity index (χ2n) is 24.5. The highest BCUT2D eigenvalue weighted by molar-refractivity contribution is 5.82. The molecule has 1 unspecified atom stereocenters. The molecule has 1 amide bonds. The van der Waals surface area contributed by atoms with Crippen molar-refractivity contribution in [2.45, 2.75) is 236 Å². The summed E-state index contributed by atoms with van der Waals surface area (Å²) < 4.78 is 49.3. The summed E-state index contributed by atoms with van der Waals surface area (Å²) in [6.45, 7) is 13.9. The highest BCUT2D eigenvalue weighted by Gasteiger charge is 2.69. The molecule has 0 spiro atoms. The average molecular weight is 1090 g/mol. The Balaban J connectivity index is 1.07. The van der Waals surface area contributed by atoms with Crippen LogP contribution in [0.3, 0.4) is 0 Å². The van der Waals surface area contributed by atoms with Gasteiger partial charge in [-0.1, -0.05) is 57.4 Å². The van der Waals surface area contributed by atoms with Crippen LogP contribution in [0, 0.1) is 39.4 Å². The van der Waals surface area contributed by atoms with Crippen LogP contribution in [-0.4, -0.2) is 211 Å². The number of rotatable bonds is 16. The fourth-order valence-corrected chi connectivity index (χ4v) is 15.4. The average Bonchev–Trinajstić information content (AvgIpc) is 3.69. The SMILES string of the molecule is CC(=O)N[C@H]1[C@H](O[C@H]2[C@H](O[C@H]3CC[C@]4(C)C5=C(CCC4C3(C)C)[C@]3(C(=O)O)CC[C@H]([C@H](C)CCC=C(C)C)[C@@]3(C)CC5)OC[C@H](O)[C@@H]2O[C@@H]2OC[C@H](O)[C@H](O[C@@H]3O[C@H](CO)[C@H](O)[C@H](O)[C@H]3O)[C@H]2O)O[C@H](CO)[C@H](O)[C@@H]1O. The van der Waals surface area contributed by atoms with E-state index in [-0.39, 0.29) is 17.3 Å². The predicted octanol–water partition coefficient (Wildman–Crippen LogP) is 0.263. The van der Waals surface area contributed by atoms with Gasteiger partial charge in [-0.15, -0.1) is 0 Å². The summed E-state index contributed by atoms with van der Waals surface area (Å²) in [6, 6.07) is -1.46. The number of hydrogen-bond donors (Lipinski definition) is 12. The normalized spacial score (nSPS) is 47.7. The van der Waals surface area contributed by atoms with Crippen molar-refractivity contribution in [3.8, 4) is 0 Å². The highest BCUT2D eigenvalue weighted by atomic mass is 16.8. The van der Waals surface area contributed by atoms with Crippen LogP contribution >= 0.6 is 0 Å². The molecule has 0 bridgehead atoms. The van der Waals surface area contributed by atoms with E-state index in [1.165, 1.54) is 18.1 Å². The quantitative estimate of drug-likeness (QED) is 0.0923. The van der Waals surface area contributed by atoms with Gasteiger partial charge in [0.15, 0.2) is 25.2 Å². The fourth-order valence-electron chi connectivity index (χ4n) is 15.4. The number of aliphatic hydroxyl groups excluding tert-OH is 10. The number of carbonyl (C=O) groups excluding carboxylic acids is 1. The van der Waals surface area contributed by atoms with E-state index in [2.05, 4.69) is 59.9 Å². The monoisotopic (exact) mass is 1090 g/mol. The molecule has 4 aliphatic carbocycles. The third-order valence-corrected chi connectivity index (χ3v) is 19.5. The molecule has 4 aliphatic heterocycles. The van der Waals surface area contributed by atoms with E-state index in [1.54, 1.807) is 0 Å². The lowest BCUT2D eigenvalue weighted by Crippen LogP contribution is -2.68. The number of allylic oxidation sites excluding steroid dienone is 3. The summed E-state index contributed by atoms with van der Waals surface area (Å²) in [5.41, 5.74) is 1.30. The summed E-state index contributed by atoms with van der Waals surface area (Å²) in [5.74, 6) is -0.716. The van der Waals surface area contributed by atoms with Gasteiger partial charge >= 0.3 is 5.97 Å². The van der Waals surface area contributed by atoms with Crippen LogP contribution in [0.4, 0.5) is 0 Å². The third-order valence-electron chi connectivity index (χ3n) is 19.5. The van der Waals surface area contributed by atoms with Gasteiger partial charge in [-0.2, -0.15) is 0 Å². The molecule has 0 radical (unpaired) electrons. The molecule has 12 N–H and O–H groups in total. The van der Waals surface area contributed by atoms with Crippen LogP contribution in [0.25, 0.3) is 0 Å². The van der Waals surface area contributed by atoms with Gasteiger partial charge in [0, 0.05) is 6.92 Å². The number of amides is 1. The maximum absolute atomic E-state index is 14.0.